The molecular weight excluding hydrogens is 321 g/mol. The molecule has 23 heavy (non-hydrogen) atoms. The second-order valence-electron chi connectivity index (χ2n) is 6.41. The molecule has 2 fully saturated rings. The number of fused-ring (bicyclic) bond motifs is 1. The molecule has 0 bridgehead atoms. The topological polar surface area (TPSA) is 74.7 Å². The van der Waals surface area contributed by atoms with Crippen molar-refractivity contribution < 1.29 is 22.7 Å². The summed E-state index contributed by atoms with van der Waals surface area (Å²) in [4.78, 5) is 11.5. The number of aliphatic carboxylic acids is 1. The quantitative estimate of drug-likeness (QED) is 0.912. The van der Waals surface area contributed by atoms with Crippen LogP contribution in [-0.4, -0.2) is 35.9 Å². The summed E-state index contributed by atoms with van der Waals surface area (Å²) in [6.07, 6.45) is 3.95. The molecule has 5 nitrogen and oxygen atoms in total. The lowest BCUT2D eigenvalue weighted by Crippen LogP contribution is -2.46. The highest BCUT2D eigenvalue weighted by molar-refractivity contribution is 7.88. The lowest BCUT2D eigenvalue weighted by Gasteiger charge is -2.32. The van der Waals surface area contributed by atoms with Crippen LogP contribution in [0, 0.1) is 11.7 Å². The average molecular weight is 341 g/mol. The van der Waals surface area contributed by atoms with Crippen LogP contribution in [0.2, 0.25) is 0 Å². The van der Waals surface area contributed by atoms with E-state index >= 15 is 0 Å². The number of sulfonamides is 1. The van der Waals surface area contributed by atoms with E-state index in [0.717, 1.165) is 25.7 Å². The van der Waals surface area contributed by atoms with Crippen molar-refractivity contribution in [2.75, 3.05) is 0 Å². The zero-order valence-corrected chi connectivity index (χ0v) is 13.5. The summed E-state index contributed by atoms with van der Waals surface area (Å²) in [7, 11) is -3.76. The Labute approximate surface area is 135 Å². The van der Waals surface area contributed by atoms with Crippen molar-refractivity contribution in [3.8, 4) is 0 Å². The summed E-state index contributed by atoms with van der Waals surface area (Å²) in [6, 6.07) is 4.09. The minimum Gasteiger partial charge on any atom is -0.480 e. The predicted molar refractivity (Wildman–Crippen MR) is 82.6 cm³/mol. The molecular formula is C16H20FNO4S. The predicted octanol–water partition coefficient (Wildman–Crippen LogP) is 2.37. The molecule has 0 spiro atoms. The van der Waals surface area contributed by atoms with Gasteiger partial charge in [0.15, 0.2) is 0 Å². The molecule has 1 aliphatic carbocycles. The van der Waals surface area contributed by atoms with Gasteiger partial charge in [-0.1, -0.05) is 25.0 Å². The first-order chi connectivity index (χ1) is 10.9. The van der Waals surface area contributed by atoms with E-state index in [1.165, 1.54) is 28.6 Å². The Morgan fingerprint density at radius 3 is 2.52 bits per heavy atom. The largest absolute Gasteiger partial charge is 0.480 e. The van der Waals surface area contributed by atoms with Gasteiger partial charge in [0.05, 0.1) is 5.75 Å². The van der Waals surface area contributed by atoms with Crippen LogP contribution in [-0.2, 0) is 20.6 Å². The second kappa shape index (κ2) is 6.20. The van der Waals surface area contributed by atoms with Gasteiger partial charge in [0.2, 0.25) is 10.0 Å². The third kappa shape index (κ3) is 3.26. The molecule has 126 valence electrons. The SMILES string of the molecule is O=C(O)C1CC2CCCCC2N1S(=O)(=O)Cc1ccc(F)cc1. The van der Waals surface area contributed by atoms with Crippen LogP contribution < -0.4 is 0 Å². The van der Waals surface area contributed by atoms with Gasteiger partial charge in [0.25, 0.3) is 0 Å². The Morgan fingerprint density at radius 2 is 1.87 bits per heavy atom. The van der Waals surface area contributed by atoms with Crippen LogP contribution in [0.1, 0.15) is 37.7 Å². The second-order valence-corrected chi connectivity index (χ2v) is 8.29. The van der Waals surface area contributed by atoms with Crippen LogP contribution in [0.5, 0.6) is 0 Å². The number of carboxylic acids is 1. The lowest BCUT2D eigenvalue weighted by atomic mass is 9.85. The summed E-state index contributed by atoms with van der Waals surface area (Å²) >= 11 is 0. The Bertz CT molecular complexity index is 689. The van der Waals surface area contributed by atoms with Gasteiger partial charge in [-0.15, -0.1) is 0 Å². The van der Waals surface area contributed by atoms with Crippen LogP contribution >= 0.6 is 0 Å². The van der Waals surface area contributed by atoms with Crippen molar-refractivity contribution in [2.45, 2.75) is 49.9 Å². The maximum atomic E-state index is 13.0. The van der Waals surface area contributed by atoms with Crippen molar-refractivity contribution in [2.24, 2.45) is 5.92 Å². The van der Waals surface area contributed by atoms with Gasteiger partial charge in [-0.2, -0.15) is 4.31 Å². The maximum Gasteiger partial charge on any atom is 0.322 e. The Kier molecular flexibility index (Phi) is 4.42. The molecule has 1 saturated carbocycles. The first kappa shape index (κ1) is 16.4. The zero-order chi connectivity index (χ0) is 16.6. The fraction of sp³-hybridized carbons (Fsp3) is 0.562. The molecule has 3 rings (SSSR count). The number of rotatable bonds is 4. The number of hydrogen-bond donors (Lipinski definition) is 1. The van der Waals surface area contributed by atoms with Gasteiger partial charge in [0, 0.05) is 6.04 Å². The smallest absolute Gasteiger partial charge is 0.322 e. The van der Waals surface area contributed by atoms with E-state index in [4.69, 9.17) is 0 Å². The van der Waals surface area contributed by atoms with Crippen molar-refractivity contribution >= 4 is 16.0 Å². The van der Waals surface area contributed by atoms with Gasteiger partial charge in [-0.3, -0.25) is 4.79 Å². The number of carboxylic acid groups (broad SMARTS) is 1. The van der Waals surface area contributed by atoms with Crippen LogP contribution in [0.25, 0.3) is 0 Å². The Hall–Kier alpha value is -1.47. The third-order valence-electron chi connectivity index (χ3n) is 4.90. The highest BCUT2D eigenvalue weighted by Crippen LogP contribution is 2.41. The molecule has 1 saturated heterocycles. The molecule has 3 atom stereocenters. The molecule has 2 aliphatic rings. The van der Waals surface area contributed by atoms with Crippen molar-refractivity contribution in [1.29, 1.82) is 0 Å². The number of halogens is 1. The minimum atomic E-state index is -3.76. The molecule has 1 heterocycles. The first-order valence-electron chi connectivity index (χ1n) is 7.87. The van der Waals surface area contributed by atoms with Crippen LogP contribution in [0.4, 0.5) is 4.39 Å². The summed E-state index contributed by atoms with van der Waals surface area (Å²) in [6.45, 7) is 0. The van der Waals surface area contributed by atoms with Gasteiger partial charge in [-0.25, -0.2) is 12.8 Å². The van der Waals surface area contributed by atoms with E-state index in [1.54, 1.807) is 0 Å². The monoisotopic (exact) mass is 341 g/mol. The molecule has 1 aliphatic heterocycles. The summed E-state index contributed by atoms with van der Waals surface area (Å²) in [5.41, 5.74) is 0.467. The highest BCUT2D eigenvalue weighted by atomic mass is 32.2. The zero-order valence-electron chi connectivity index (χ0n) is 12.7. The molecule has 1 N–H and O–H groups in total. The van der Waals surface area contributed by atoms with E-state index in [0.29, 0.717) is 12.0 Å². The van der Waals surface area contributed by atoms with Gasteiger partial charge in [-0.05, 0) is 42.9 Å². The number of carbonyl (C=O) groups is 1. The van der Waals surface area contributed by atoms with Gasteiger partial charge >= 0.3 is 5.97 Å². The Morgan fingerprint density at radius 1 is 1.22 bits per heavy atom. The summed E-state index contributed by atoms with van der Waals surface area (Å²) in [5, 5.41) is 9.44. The molecule has 0 amide bonds. The van der Waals surface area contributed by atoms with E-state index in [-0.39, 0.29) is 17.7 Å². The Balaban J connectivity index is 1.88. The molecule has 0 aromatic heterocycles. The van der Waals surface area contributed by atoms with Crippen LogP contribution in [0.15, 0.2) is 24.3 Å². The first-order valence-corrected chi connectivity index (χ1v) is 9.48. The number of benzene rings is 1. The molecule has 0 radical (unpaired) electrons. The summed E-state index contributed by atoms with van der Waals surface area (Å²) < 4.78 is 39.8. The van der Waals surface area contributed by atoms with Crippen molar-refractivity contribution in [1.82, 2.24) is 4.31 Å². The number of hydrogen-bond acceptors (Lipinski definition) is 3. The van der Waals surface area contributed by atoms with E-state index in [1.807, 2.05) is 0 Å². The minimum absolute atomic E-state index is 0.132. The summed E-state index contributed by atoms with van der Waals surface area (Å²) in [5.74, 6) is -1.67. The average Bonchev–Trinajstić information content (AvgIpc) is 2.90. The standard InChI is InChI=1S/C16H20FNO4S/c17-13-7-5-11(6-8-13)10-23(21,22)18-14-4-2-1-3-12(14)9-15(18)16(19)20/h5-8,12,14-15H,1-4,9-10H2,(H,19,20). The normalized spacial score (nSPS) is 28.5. The highest BCUT2D eigenvalue weighted by Gasteiger charge is 2.50. The lowest BCUT2D eigenvalue weighted by molar-refractivity contribution is -0.141. The fourth-order valence-electron chi connectivity index (χ4n) is 3.90. The van der Waals surface area contributed by atoms with Crippen molar-refractivity contribution in [3.05, 3.63) is 35.6 Å². The van der Waals surface area contributed by atoms with E-state index in [2.05, 4.69) is 0 Å². The van der Waals surface area contributed by atoms with E-state index < -0.39 is 27.9 Å². The third-order valence-corrected chi connectivity index (χ3v) is 6.76. The molecule has 7 heteroatoms. The molecule has 1 aromatic rings. The molecule has 3 unspecified atom stereocenters. The van der Waals surface area contributed by atoms with Gasteiger partial charge in [0.1, 0.15) is 11.9 Å². The fourth-order valence-corrected chi connectivity index (χ4v) is 5.91. The van der Waals surface area contributed by atoms with Crippen molar-refractivity contribution in [3.63, 3.8) is 0 Å². The molecule has 1 aromatic carbocycles. The van der Waals surface area contributed by atoms with Gasteiger partial charge < -0.3 is 5.11 Å². The number of nitrogens with zero attached hydrogens (tertiary/aromatic N) is 1. The maximum absolute atomic E-state index is 13.0. The van der Waals surface area contributed by atoms with Crippen LogP contribution in [0.3, 0.4) is 0 Å². The van der Waals surface area contributed by atoms with E-state index in [9.17, 15) is 22.7 Å².